The molecule has 4 nitrogen and oxygen atoms in total. The summed E-state index contributed by atoms with van der Waals surface area (Å²) < 4.78 is 0. The van der Waals surface area contributed by atoms with E-state index in [0.29, 0.717) is 11.1 Å². The number of halogens is 1. The Morgan fingerprint density at radius 3 is 2.87 bits per heavy atom. The van der Waals surface area contributed by atoms with Crippen LogP contribution in [0.5, 0.6) is 0 Å². The molecule has 1 aromatic carbocycles. The highest BCUT2D eigenvalue weighted by Crippen LogP contribution is 2.09. The molecular weight excluding hydrogens is 323 g/mol. The maximum absolute atomic E-state index is 5.64. The number of H-pyrrole nitrogens is 1. The van der Waals surface area contributed by atoms with Gasteiger partial charge in [-0.05, 0) is 18.4 Å². The molecule has 1 aromatic heterocycles. The maximum Gasteiger partial charge on any atom is 0.350 e. The van der Waals surface area contributed by atoms with Gasteiger partial charge in [0.15, 0.2) is 5.52 Å². The van der Waals surface area contributed by atoms with Crippen molar-refractivity contribution in [3.63, 3.8) is 0 Å². The van der Waals surface area contributed by atoms with Crippen molar-refractivity contribution in [1.82, 2.24) is 9.97 Å². The molecule has 4 N–H and O–H groups in total. The van der Waals surface area contributed by atoms with Gasteiger partial charge < -0.3 is 29.7 Å². The Morgan fingerprint density at radius 1 is 1.47 bits per heavy atom. The van der Waals surface area contributed by atoms with Gasteiger partial charge in [0.1, 0.15) is 5.52 Å². The summed E-state index contributed by atoms with van der Waals surface area (Å²) in [7, 11) is 0. The first-order valence-electron chi connectivity index (χ1n) is 4.18. The van der Waals surface area contributed by atoms with Gasteiger partial charge in [-0.3, -0.25) is 4.98 Å². The first-order valence-corrected chi connectivity index (χ1v) is 5.40. The third-order valence-corrected chi connectivity index (χ3v) is 2.39. The third-order valence-electron chi connectivity index (χ3n) is 1.85. The van der Waals surface area contributed by atoms with Gasteiger partial charge in [-0.25, -0.2) is 4.99 Å². The monoisotopic (exact) mass is 334 g/mol. The molecule has 0 saturated heterocycles. The summed E-state index contributed by atoms with van der Waals surface area (Å²) in [6.45, 7) is 0. The summed E-state index contributed by atoms with van der Waals surface area (Å²) in [6, 6.07) is 7.84. The molecule has 0 unspecified atom stereocenters. The van der Waals surface area contributed by atoms with Crippen LogP contribution in [0.3, 0.4) is 0 Å². The van der Waals surface area contributed by atoms with E-state index in [1.165, 1.54) is 11.8 Å². The minimum absolute atomic E-state index is 0. The molecule has 0 fully saturated rings. The molecule has 1 heterocycles. The van der Waals surface area contributed by atoms with Crippen LogP contribution in [0.25, 0.3) is 11.0 Å². The van der Waals surface area contributed by atoms with E-state index in [2.05, 4.69) is 15.0 Å². The van der Waals surface area contributed by atoms with Crippen LogP contribution >= 0.6 is 11.8 Å². The van der Waals surface area contributed by atoms with Gasteiger partial charge in [0, 0.05) is 0 Å². The van der Waals surface area contributed by atoms with Crippen molar-refractivity contribution in [2.45, 2.75) is 0 Å². The largest absolute Gasteiger partial charge is 1.00 e. The number of benzene rings is 1. The standard InChI is InChI=1S/C9H10N4S.HI/c1-14-8(10)13-9-11-6-4-2-3-5-7(6)12-9;/h2-5H,1H3,(H3,10,11,12,13);1H. The predicted molar refractivity (Wildman–Crippen MR) is 59.4 cm³/mol. The average Bonchev–Trinajstić information content (AvgIpc) is 2.59. The van der Waals surface area contributed by atoms with Gasteiger partial charge in [-0.1, -0.05) is 23.9 Å². The molecule has 0 aliphatic heterocycles. The Labute approximate surface area is 109 Å². The molecule has 0 bridgehead atoms. The molecular formula is C9H11IN4S. The molecule has 6 heteroatoms. The third kappa shape index (κ3) is 2.85. The minimum Gasteiger partial charge on any atom is -1.00 e. The molecule has 0 aliphatic rings. The van der Waals surface area contributed by atoms with Crippen molar-refractivity contribution in [1.29, 1.82) is 0 Å². The van der Waals surface area contributed by atoms with Crippen LogP contribution in [0.15, 0.2) is 24.3 Å². The number of hydrogen-bond donors (Lipinski definition) is 3. The van der Waals surface area contributed by atoms with Gasteiger partial charge in [0.25, 0.3) is 0 Å². The first-order chi connectivity index (χ1) is 6.79. The Hall–Kier alpha value is -0.760. The zero-order chi connectivity index (χ0) is 9.97. The second kappa shape index (κ2) is 5.36. The lowest BCUT2D eigenvalue weighted by Gasteiger charge is -1.85. The normalized spacial score (nSPS) is 11.4. The lowest BCUT2D eigenvalue weighted by atomic mass is 10.3. The number of hydrogen-bond acceptors (Lipinski definition) is 2. The number of fused-ring (bicyclic) bond motifs is 1. The lowest BCUT2D eigenvalue weighted by molar-refractivity contribution is -0.360. The smallest absolute Gasteiger partial charge is 0.350 e. The van der Waals surface area contributed by atoms with Crippen molar-refractivity contribution in [3.8, 4) is 0 Å². The predicted octanol–water partition coefficient (Wildman–Crippen LogP) is -3.04. The summed E-state index contributed by atoms with van der Waals surface area (Å²) in [4.78, 5) is 10.4. The maximum atomic E-state index is 5.64. The summed E-state index contributed by atoms with van der Waals surface area (Å²) >= 11 is 1.45. The highest BCUT2D eigenvalue weighted by atomic mass is 127. The van der Waals surface area contributed by atoms with E-state index < -0.39 is 0 Å². The number of para-hydroxylation sites is 2. The van der Waals surface area contributed by atoms with E-state index in [-0.39, 0.29) is 24.0 Å². The number of thioether (sulfide) groups is 1. The van der Waals surface area contributed by atoms with E-state index in [1.807, 2.05) is 30.5 Å². The van der Waals surface area contributed by atoms with Gasteiger partial charge >= 0.3 is 5.95 Å². The molecule has 15 heavy (non-hydrogen) atoms. The quantitative estimate of drug-likeness (QED) is 0.295. The SMILES string of the molecule is CSC(N)=[NH+]c1nc2ccccc2[nH]1.[I-]. The Bertz CT molecular complexity index is 447. The van der Waals surface area contributed by atoms with Crippen LogP contribution in [0, 0.1) is 0 Å². The number of rotatable bonds is 1. The van der Waals surface area contributed by atoms with Gasteiger partial charge in [0.2, 0.25) is 5.17 Å². The Kier molecular flexibility index (Phi) is 4.40. The van der Waals surface area contributed by atoms with Crippen LogP contribution in [-0.2, 0) is 0 Å². The number of imidazole rings is 1. The van der Waals surface area contributed by atoms with Crippen molar-refractivity contribution >= 4 is 33.9 Å². The molecule has 0 amide bonds. The van der Waals surface area contributed by atoms with E-state index in [9.17, 15) is 0 Å². The average molecular weight is 334 g/mol. The lowest BCUT2D eigenvalue weighted by Crippen LogP contribution is -3.00. The molecule has 0 saturated carbocycles. The molecule has 2 rings (SSSR count). The molecule has 0 atom stereocenters. The zero-order valence-electron chi connectivity index (χ0n) is 8.12. The summed E-state index contributed by atoms with van der Waals surface area (Å²) in [5.41, 5.74) is 7.57. The molecule has 2 aromatic rings. The number of aromatic nitrogens is 2. The van der Waals surface area contributed by atoms with Gasteiger partial charge in [0.05, 0.1) is 0 Å². The molecule has 0 radical (unpaired) electrons. The highest BCUT2D eigenvalue weighted by Gasteiger charge is 2.06. The second-order valence-corrected chi connectivity index (χ2v) is 3.64. The number of nitrogens with one attached hydrogen (secondary N) is 2. The molecule has 80 valence electrons. The van der Waals surface area contributed by atoms with Gasteiger partial charge in [-0.2, -0.15) is 0 Å². The van der Waals surface area contributed by atoms with Crippen molar-refractivity contribution < 1.29 is 29.0 Å². The van der Waals surface area contributed by atoms with E-state index in [4.69, 9.17) is 5.73 Å². The van der Waals surface area contributed by atoms with Crippen LogP contribution in [0.2, 0.25) is 0 Å². The summed E-state index contributed by atoms with van der Waals surface area (Å²) in [5, 5.41) is 0.629. The fourth-order valence-corrected chi connectivity index (χ4v) is 1.38. The molecule has 0 spiro atoms. The number of nitrogens with two attached hydrogens (primary N) is 1. The van der Waals surface area contributed by atoms with Crippen LogP contribution < -0.4 is 34.7 Å². The number of nitrogens with zero attached hydrogens (tertiary/aromatic N) is 1. The van der Waals surface area contributed by atoms with Crippen molar-refractivity contribution in [2.24, 2.45) is 5.73 Å². The second-order valence-electron chi connectivity index (χ2n) is 2.80. The fourth-order valence-electron chi connectivity index (χ4n) is 1.18. The number of amidine groups is 1. The van der Waals surface area contributed by atoms with E-state index >= 15 is 0 Å². The Balaban J connectivity index is 0.00000112. The van der Waals surface area contributed by atoms with Gasteiger partial charge in [-0.15, -0.1) is 4.98 Å². The molecule has 0 aliphatic carbocycles. The van der Waals surface area contributed by atoms with Crippen LogP contribution in [0.4, 0.5) is 5.95 Å². The minimum atomic E-state index is 0. The first kappa shape index (κ1) is 12.3. The summed E-state index contributed by atoms with van der Waals surface area (Å²) in [6.07, 6.45) is 1.91. The Morgan fingerprint density at radius 2 is 2.20 bits per heavy atom. The van der Waals surface area contributed by atoms with Crippen LogP contribution in [-0.4, -0.2) is 21.4 Å². The van der Waals surface area contributed by atoms with Crippen molar-refractivity contribution in [2.75, 3.05) is 6.26 Å². The highest BCUT2D eigenvalue weighted by molar-refractivity contribution is 8.12. The van der Waals surface area contributed by atoms with Crippen molar-refractivity contribution in [3.05, 3.63) is 24.3 Å². The summed E-state index contributed by atoms with van der Waals surface area (Å²) in [5.74, 6) is 0.679. The van der Waals surface area contributed by atoms with Crippen LogP contribution in [0.1, 0.15) is 0 Å². The topological polar surface area (TPSA) is 68.7 Å². The fraction of sp³-hybridized carbons (Fsp3) is 0.111. The zero-order valence-corrected chi connectivity index (χ0v) is 11.1. The number of aromatic amines is 1. The van der Waals surface area contributed by atoms with E-state index in [1.54, 1.807) is 0 Å². The van der Waals surface area contributed by atoms with E-state index in [0.717, 1.165) is 11.0 Å².